The van der Waals surface area contributed by atoms with Crippen molar-refractivity contribution in [3.63, 3.8) is 0 Å². The highest BCUT2D eigenvalue weighted by Gasteiger charge is 2.23. The van der Waals surface area contributed by atoms with Gasteiger partial charge in [-0.3, -0.25) is 4.79 Å². The monoisotopic (exact) mass is 469 g/mol. The van der Waals surface area contributed by atoms with Crippen LogP contribution >= 0.6 is 22.9 Å². The molecule has 0 amide bonds. The largest absolute Gasteiger partial charge is 0.480 e. The van der Waals surface area contributed by atoms with Crippen LogP contribution in [0.3, 0.4) is 0 Å². The van der Waals surface area contributed by atoms with Gasteiger partial charge in [0.05, 0.1) is 4.53 Å². The lowest BCUT2D eigenvalue weighted by Gasteiger charge is -2.26. The van der Waals surface area contributed by atoms with Gasteiger partial charge in [-0.1, -0.05) is 71.5 Å². The van der Waals surface area contributed by atoms with Crippen LogP contribution in [0.4, 0.5) is 0 Å². The van der Waals surface area contributed by atoms with Crippen LogP contribution in [0.1, 0.15) is 17.2 Å². The molecule has 1 aliphatic heterocycles. The molecule has 1 atom stereocenters. The number of hydrogen-bond acceptors (Lipinski definition) is 5. The average molecular weight is 470 g/mol. The molecule has 0 bridgehead atoms. The first-order chi connectivity index (χ1) is 16.2. The highest BCUT2D eigenvalue weighted by molar-refractivity contribution is 7.15. The van der Waals surface area contributed by atoms with E-state index in [0.29, 0.717) is 20.3 Å². The number of rotatable bonds is 3. The molecule has 5 nitrogen and oxygen atoms in total. The van der Waals surface area contributed by atoms with Crippen LogP contribution in [0.2, 0.25) is 5.02 Å². The van der Waals surface area contributed by atoms with Gasteiger partial charge in [0.2, 0.25) is 4.96 Å². The molecule has 6 rings (SSSR count). The number of ether oxygens (including phenoxy) is 1. The number of nitrogens with zero attached hydrogens (tertiary/aromatic N) is 3. The molecule has 3 heterocycles. The van der Waals surface area contributed by atoms with Gasteiger partial charge in [-0.05, 0) is 53.6 Å². The Hall–Kier alpha value is -3.74. The molecule has 1 aliphatic rings. The first kappa shape index (κ1) is 19.9. The molecule has 1 unspecified atom stereocenters. The van der Waals surface area contributed by atoms with Gasteiger partial charge in [0.15, 0.2) is 5.82 Å². The summed E-state index contributed by atoms with van der Waals surface area (Å²) in [5, 5.41) is 5.07. The summed E-state index contributed by atoms with van der Waals surface area (Å²) in [6.07, 6.45) is 3.65. The molecule has 3 aromatic carbocycles. The van der Waals surface area contributed by atoms with Crippen molar-refractivity contribution >= 4 is 40.1 Å². The molecule has 0 N–H and O–H groups in total. The molecule has 0 aliphatic carbocycles. The topological polar surface area (TPSA) is 56.5 Å². The Balaban J connectivity index is 1.46. The SMILES string of the molecule is O=c1/c(=C\C2=Cc3ccccc3OC2c2ccccc2)sc2nc(-c3ccc(Cl)cc3)nn12. The third-order valence-corrected chi connectivity index (χ3v) is 6.68. The molecule has 2 aromatic heterocycles. The van der Waals surface area contributed by atoms with Gasteiger partial charge in [0.1, 0.15) is 11.9 Å². The molecule has 0 radical (unpaired) electrons. The summed E-state index contributed by atoms with van der Waals surface area (Å²) in [5.41, 5.74) is 3.51. The summed E-state index contributed by atoms with van der Waals surface area (Å²) in [6, 6.07) is 25.1. The maximum absolute atomic E-state index is 13.1. The van der Waals surface area contributed by atoms with Crippen molar-refractivity contribution in [2.45, 2.75) is 6.10 Å². The van der Waals surface area contributed by atoms with Crippen molar-refractivity contribution in [1.29, 1.82) is 0 Å². The van der Waals surface area contributed by atoms with Crippen molar-refractivity contribution in [1.82, 2.24) is 14.6 Å². The lowest BCUT2D eigenvalue weighted by atomic mass is 9.96. The highest BCUT2D eigenvalue weighted by atomic mass is 35.5. The van der Waals surface area contributed by atoms with E-state index in [4.69, 9.17) is 16.3 Å². The van der Waals surface area contributed by atoms with Crippen LogP contribution < -0.4 is 14.8 Å². The summed E-state index contributed by atoms with van der Waals surface area (Å²) in [5.74, 6) is 1.32. The minimum Gasteiger partial charge on any atom is -0.480 e. The van der Waals surface area contributed by atoms with Gasteiger partial charge in [0, 0.05) is 16.1 Å². The summed E-state index contributed by atoms with van der Waals surface area (Å²) < 4.78 is 8.25. The Kier molecular flexibility index (Phi) is 4.82. The minimum absolute atomic E-state index is 0.200. The molecule has 0 saturated carbocycles. The van der Waals surface area contributed by atoms with Crippen molar-refractivity contribution < 1.29 is 4.74 Å². The molecular formula is C26H16ClN3O2S. The van der Waals surface area contributed by atoms with Gasteiger partial charge in [-0.15, -0.1) is 5.10 Å². The smallest absolute Gasteiger partial charge is 0.291 e. The van der Waals surface area contributed by atoms with Crippen LogP contribution in [-0.2, 0) is 0 Å². The highest BCUT2D eigenvalue weighted by Crippen LogP contribution is 2.37. The third kappa shape index (κ3) is 3.63. The second kappa shape index (κ2) is 7.99. The van der Waals surface area contributed by atoms with Crippen LogP contribution in [-0.4, -0.2) is 14.6 Å². The fourth-order valence-electron chi connectivity index (χ4n) is 3.87. The second-order valence-electron chi connectivity index (χ2n) is 7.64. The van der Waals surface area contributed by atoms with Gasteiger partial charge < -0.3 is 4.74 Å². The Morgan fingerprint density at radius 3 is 2.52 bits per heavy atom. The first-order valence-electron chi connectivity index (χ1n) is 10.4. The predicted molar refractivity (Wildman–Crippen MR) is 131 cm³/mol. The van der Waals surface area contributed by atoms with E-state index in [9.17, 15) is 4.79 Å². The van der Waals surface area contributed by atoms with Gasteiger partial charge in [0.25, 0.3) is 5.56 Å². The Morgan fingerprint density at radius 1 is 0.970 bits per heavy atom. The summed E-state index contributed by atoms with van der Waals surface area (Å²) in [6.45, 7) is 0. The molecule has 160 valence electrons. The van der Waals surface area contributed by atoms with E-state index >= 15 is 0 Å². The fraction of sp³-hybridized carbons (Fsp3) is 0.0385. The normalized spacial score (nSPS) is 15.8. The second-order valence-corrected chi connectivity index (χ2v) is 9.09. The summed E-state index contributed by atoms with van der Waals surface area (Å²) >= 11 is 7.28. The zero-order valence-corrected chi connectivity index (χ0v) is 18.8. The lowest BCUT2D eigenvalue weighted by molar-refractivity contribution is 0.244. The van der Waals surface area contributed by atoms with Gasteiger partial charge >= 0.3 is 0 Å². The number of hydrogen-bond donors (Lipinski definition) is 0. The van der Waals surface area contributed by atoms with E-state index in [-0.39, 0.29) is 11.7 Å². The Labute approximate surface area is 197 Å². The van der Waals surface area contributed by atoms with Crippen LogP contribution in [0, 0.1) is 0 Å². The number of benzene rings is 3. The lowest BCUT2D eigenvalue weighted by Crippen LogP contribution is -2.25. The number of thiazole rings is 1. The van der Waals surface area contributed by atoms with Crippen molar-refractivity contribution in [3.05, 3.63) is 115 Å². The number of para-hydroxylation sites is 1. The summed E-state index contributed by atoms with van der Waals surface area (Å²) in [7, 11) is 0. The summed E-state index contributed by atoms with van der Waals surface area (Å²) in [4.78, 5) is 18.2. The average Bonchev–Trinajstić information content (AvgIpc) is 3.39. The van der Waals surface area contributed by atoms with Crippen LogP contribution in [0.15, 0.2) is 89.2 Å². The molecule has 0 saturated heterocycles. The molecule has 0 spiro atoms. The number of fused-ring (bicyclic) bond motifs is 2. The quantitative estimate of drug-likeness (QED) is 0.365. The van der Waals surface area contributed by atoms with E-state index in [1.165, 1.54) is 15.9 Å². The number of halogens is 1. The molecule has 0 fully saturated rings. The van der Waals surface area contributed by atoms with E-state index in [0.717, 1.165) is 28.0 Å². The zero-order valence-electron chi connectivity index (χ0n) is 17.2. The van der Waals surface area contributed by atoms with Crippen molar-refractivity contribution in [3.8, 4) is 17.1 Å². The van der Waals surface area contributed by atoms with E-state index in [2.05, 4.69) is 16.2 Å². The van der Waals surface area contributed by atoms with E-state index in [1.54, 1.807) is 12.1 Å². The van der Waals surface area contributed by atoms with E-state index in [1.807, 2.05) is 72.8 Å². The van der Waals surface area contributed by atoms with Crippen LogP contribution in [0.5, 0.6) is 5.75 Å². The molecular weight excluding hydrogens is 454 g/mol. The van der Waals surface area contributed by atoms with Crippen LogP contribution in [0.25, 0.3) is 28.5 Å². The van der Waals surface area contributed by atoms with Gasteiger partial charge in [-0.25, -0.2) is 0 Å². The zero-order chi connectivity index (χ0) is 22.4. The minimum atomic E-state index is -0.312. The fourth-order valence-corrected chi connectivity index (χ4v) is 4.90. The van der Waals surface area contributed by atoms with Crippen molar-refractivity contribution in [2.24, 2.45) is 0 Å². The number of aromatic nitrogens is 3. The standard InChI is InChI=1S/C26H16ClN3O2S/c27-20-12-10-17(11-13-20)24-28-26-30(29-24)25(31)22(33-26)15-19-14-18-8-4-5-9-21(18)32-23(19)16-6-2-1-3-7-16/h1-15,23H/b22-15+. The third-order valence-electron chi connectivity index (χ3n) is 5.47. The maximum Gasteiger partial charge on any atom is 0.291 e. The van der Waals surface area contributed by atoms with E-state index < -0.39 is 0 Å². The maximum atomic E-state index is 13.1. The van der Waals surface area contributed by atoms with Crippen molar-refractivity contribution in [2.75, 3.05) is 0 Å². The molecule has 5 aromatic rings. The van der Waals surface area contributed by atoms with Gasteiger partial charge in [-0.2, -0.15) is 9.50 Å². The molecule has 33 heavy (non-hydrogen) atoms. The molecule has 7 heteroatoms. The predicted octanol–water partition coefficient (Wildman–Crippen LogP) is 5.19. The first-order valence-corrected chi connectivity index (χ1v) is 11.5. The Bertz CT molecular complexity index is 1620. The Morgan fingerprint density at radius 2 is 1.73 bits per heavy atom.